The number of nitrogens with zero attached hydrogens (tertiary/aromatic N) is 3. The Hall–Kier alpha value is -3.29. The van der Waals surface area contributed by atoms with E-state index in [0.29, 0.717) is 10.8 Å². The van der Waals surface area contributed by atoms with Gasteiger partial charge >= 0.3 is 6.03 Å². The van der Waals surface area contributed by atoms with Crippen molar-refractivity contribution in [2.75, 3.05) is 5.32 Å². The smallest absolute Gasteiger partial charge is 0.319 e. The molecule has 186 valence electrons. The summed E-state index contributed by atoms with van der Waals surface area (Å²) in [4.78, 5) is 12.9. The Kier molecular flexibility index (Phi) is 8.01. The zero-order chi connectivity index (χ0) is 25.8. The number of amides is 2. The lowest BCUT2D eigenvalue weighted by Crippen LogP contribution is -2.32. The van der Waals surface area contributed by atoms with Crippen LogP contribution < -0.4 is 10.6 Å². The minimum atomic E-state index is -0.409. The molecule has 8 heteroatoms. The highest BCUT2D eigenvalue weighted by Crippen LogP contribution is 2.31. The third-order valence-electron chi connectivity index (χ3n) is 6.28. The summed E-state index contributed by atoms with van der Waals surface area (Å²) in [6, 6.07) is 19.2. The van der Waals surface area contributed by atoms with Crippen molar-refractivity contribution in [2.45, 2.75) is 51.6 Å². The maximum Gasteiger partial charge on any atom is 0.319 e. The van der Waals surface area contributed by atoms with Crippen LogP contribution in [0.15, 0.2) is 65.8 Å². The Morgan fingerprint density at radius 2 is 1.72 bits per heavy atom. The Bertz CT molecular complexity index is 1400. The van der Waals surface area contributed by atoms with Gasteiger partial charge in [0.15, 0.2) is 11.0 Å². The largest absolute Gasteiger partial charge is 0.328 e. The van der Waals surface area contributed by atoms with E-state index in [0.717, 1.165) is 39.0 Å². The molecule has 0 aliphatic rings. The van der Waals surface area contributed by atoms with Gasteiger partial charge in [-0.1, -0.05) is 65.8 Å². The lowest BCUT2D eigenvalue weighted by Gasteiger charge is -2.19. The number of halogens is 1. The van der Waals surface area contributed by atoms with Crippen LogP contribution in [0.4, 0.5) is 10.5 Å². The lowest BCUT2D eigenvalue weighted by atomic mass is 10.1. The summed E-state index contributed by atoms with van der Waals surface area (Å²) in [5.41, 5.74) is 7.32. The number of carbonyl (C=O) groups excluding carboxylic acids is 1. The van der Waals surface area contributed by atoms with E-state index in [9.17, 15) is 4.79 Å². The predicted octanol–water partition coefficient (Wildman–Crippen LogP) is 7.33. The molecule has 1 atom stereocenters. The van der Waals surface area contributed by atoms with Crippen molar-refractivity contribution < 1.29 is 4.79 Å². The van der Waals surface area contributed by atoms with Gasteiger partial charge in [-0.05, 0) is 80.6 Å². The zero-order valence-electron chi connectivity index (χ0n) is 21.1. The molecule has 0 aliphatic carbocycles. The highest BCUT2D eigenvalue weighted by molar-refractivity contribution is 7.98. The maximum absolute atomic E-state index is 12.9. The van der Waals surface area contributed by atoms with E-state index in [-0.39, 0.29) is 6.03 Å². The van der Waals surface area contributed by atoms with Crippen LogP contribution in [-0.4, -0.2) is 20.8 Å². The normalized spacial score (nSPS) is 11.8. The number of carbonyl (C=O) groups is 1. The quantitative estimate of drug-likeness (QED) is 0.251. The highest BCUT2D eigenvalue weighted by Gasteiger charge is 2.23. The average molecular weight is 520 g/mol. The molecule has 0 saturated heterocycles. The molecule has 1 unspecified atom stereocenters. The summed E-state index contributed by atoms with van der Waals surface area (Å²) >= 11 is 7.98. The van der Waals surface area contributed by atoms with Crippen LogP contribution in [-0.2, 0) is 5.75 Å². The first kappa shape index (κ1) is 25.8. The van der Waals surface area contributed by atoms with Gasteiger partial charge in [-0.3, -0.25) is 4.57 Å². The van der Waals surface area contributed by atoms with Crippen molar-refractivity contribution in [3.8, 4) is 5.69 Å². The van der Waals surface area contributed by atoms with E-state index >= 15 is 0 Å². The Balaban J connectivity index is 1.63. The van der Waals surface area contributed by atoms with Crippen LogP contribution in [0.2, 0.25) is 5.02 Å². The molecule has 36 heavy (non-hydrogen) atoms. The molecule has 6 nitrogen and oxygen atoms in total. The SMILES string of the molecule is Cc1ccccc1CSc1nnc(C(C)NC(=O)Nc2cccc(C)c2C)n1-c1cc(Cl)ccc1C. The second-order valence-corrected chi connectivity index (χ2v) is 10.3. The van der Waals surface area contributed by atoms with E-state index in [1.807, 2.05) is 80.8 Å². The molecule has 1 heterocycles. The molecule has 0 saturated carbocycles. The van der Waals surface area contributed by atoms with E-state index < -0.39 is 6.04 Å². The third-order valence-corrected chi connectivity index (χ3v) is 7.49. The van der Waals surface area contributed by atoms with Crippen LogP contribution in [0.25, 0.3) is 5.69 Å². The molecule has 4 rings (SSSR count). The molecule has 1 aromatic heterocycles. The molecule has 0 aliphatic heterocycles. The number of aryl methyl sites for hydroxylation is 3. The van der Waals surface area contributed by atoms with Crippen molar-refractivity contribution in [1.82, 2.24) is 20.1 Å². The number of hydrogen-bond acceptors (Lipinski definition) is 4. The fourth-order valence-corrected chi connectivity index (χ4v) is 5.12. The minimum Gasteiger partial charge on any atom is -0.328 e. The number of nitrogens with one attached hydrogen (secondary N) is 2. The lowest BCUT2D eigenvalue weighted by molar-refractivity contribution is 0.248. The molecular formula is C28H30ClN5OS. The van der Waals surface area contributed by atoms with Crippen molar-refractivity contribution in [3.05, 3.63) is 99.3 Å². The third kappa shape index (κ3) is 5.74. The summed E-state index contributed by atoms with van der Waals surface area (Å²) in [7, 11) is 0. The molecule has 4 aromatic rings. The number of anilines is 1. The van der Waals surface area contributed by atoms with Gasteiger partial charge in [0.2, 0.25) is 0 Å². The van der Waals surface area contributed by atoms with E-state index in [2.05, 4.69) is 39.9 Å². The minimum absolute atomic E-state index is 0.303. The molecule has 3 aromatic carbocycles. The molecule has 0 spiro atoms. The van der Waals surface area contributed by atoms with Crippen LogP contribution >= 0.6 is 23.4 Å². The first-order valence-electron chi connectivity index (χ1n) is 11.8. The number of urea groups is 1. The summed E-state index contributed by atoms with van der Waals surface area (Å²) in [6.45, 7) is 10.0. The Morgan fingerprint density at radius 1 is 0.972 bits per heavy atom. The summed E-state index contributed by atoms with van der Waals surface area (Å²) in [6.07, 6.45) is 0. The molecule has 0 radical (unpaired) electrons. The van der Waals surface area contributed by atoms with Gasteiger partial charge in [0.25, 0.3) is 0 Å². The predicted molar refractivity (Wildman–Crippen MR) is 148 cm³/mol. The van der Waals surface area contributed by atoms with Gasteiger partial charge in [-0.15, -0.1) is 10.2 Å². The van der Waals surface area contributed by atoms with Crippen molar-refractivity contribution in [1.29, 1.82) is 0 Å². The van der Waals surface area contributed by atoms with Gasteiger partial charge < -0.3 is 10.6 Å². The van der Waals surface area contributed by atoms with Crippen LogP contribution in [0.5, 0.6) is 0 Å². The van der Waals surface area contributed by atoms with E-state index in [1.54, 1.807) is 11.8 Å². The number of thioether (sulfide) groups is 1. The summed E-state index contributed by atoms with van der Waals surface area (Å²) < 4.78 is 1.99. The highest BCUT2D eigenvalue weighted by atomic mass is 35.5. The summed E-state index contributed by atoms with van der Waals surface area (Å²) in [5, 5.41) is 16.3. The molecule has 0 bridgehead atoms. The van der Waals surface area contributed by atoms with E-state index in [4.69, 9.17) is 11.6 Å². The van der Waals surface area contributed by atoms with E-state index in [1.165, 1.54) is 11.1 Å². The van der Waals surface area contributed by atoms with Gasteiger partial charge in [0, 0.05) is 16.5 Å². The maximum atomic E-state index is 12.9. The van der Waals surface area contributed by atoms with Crippen molar-refractivity contribution in [3.63, 3.8) is 0 Å². The monoisotopic (exact) mass is 519 g/mol. The van der Waals surface area contributed by atoms with Gasteiger partial charge in [0.05, 0.1) is 11.7 Å². The first-order chi connectivity index (χ1) is 17.2. The molecular weight excluding hydrogens is 490 g/mol. The zero-order valence-corrected chi connectivity index (χ0v) is 22.7. The first-order valence-corrected chi connectivity index (χ1v) is 13.1. The summed E-state index contributed by atoms with van der Waals surface area (Å²) in [5.74, 6) is 1.38. The van der Waals surface area contributed by atoms with Gasteiger partial charge in [-0.25, -0.2) is 4.79 Å². The average Bonchev–Trinajstić information content (AvgIpc) is 3.27. The Labute approximate surface area is 221 Å². The Morgan fingerprint density at radius 3 is 2.50 bits per heavy atom. The van der Waals surface area contributed by atoms with Gasteiger partial charge in [-0.2, -0.15) is 0 Å². The van der Waals surface area contributed by atoms with Crippen LogP contribution in [0.3, 0.4) is 0 Å². The van der Waals surface area contributed by atoms with Gasteiger partial charge in [0.1, 0.15) is 0 Å². The standard InChI is InChI=1S/C28H30ClN5OS/c1-17-10-8-12-24(20(17)4)31-27(35)30-21(5)26-32-33-28(36-16-22-11-7-6-9-18(22)2)34(26)25-15-23(29)14-13-19(25)3/h6-15,21H,16H2,1-5H3,(H2,30,31,35). The second-order valence-electron chi connectivity index (χ2n) is 8.89. The molecule has 0 fully saturated rings. The fourth-order valence-electron chi connectivity index (χ4n) is 3.93. The van der Waals surface area contributed by atoms with Crippen LogP contribution in [0.1, 0.15) is 46.6 Å². The molecule has 2 amide bonds. The van der Waals surface area contributed by atoms with Crippen molar-refractivity contribution in [2.24, 2.45) is 0 Å². The molecule has 2 N–H and O–H groups in total. The van der Waals surface area contributed by atoms with Crippen molar-refractivity contribution >= 4 is 35.1 Å². The number of hydrogen-bond donors (Lipinski definition) is 2. The second kappa shape index (κ2) is 11.2. The number of rotatable bonds is 7. The topological polar surface area (TPSA) is 71.8 Å². The fraction of sp³-hybridized carbons (Fsp3) is 0.250. The number of aromatic nitrogens is 3. The van der Waals surface area contributed by atoms with Crippen LogP contribution in [0, 0.1) is 27.7 Å². The number of benzene rings is 3.